The van der Waals surface area contributed by atoms with Gasteiger partial charge in [0.05, 0.1) is 24.0 Å². The maximum absolute atomic E-state index is 12.3. The second-order valence-corrected chi connectivity index (χ2v) is 5.48. The zero-order valence-electron chi connectivity index (χ0n) is 13.9. The highest BCUT2D eigenvalue weighted by Crippen LogP contribution is 2.12. The zero-order valence-corrected chi connectivity index (χ0v) is 13.9. The van der Waals surface area contributed by atoms with E-state index < -0.39 is 0 Å². The van der Waals surface area contributed by atoms with Crippen LogP contribution < -0.4 is 5.32 Å². The summed E-state index contributed by atoms with van der Waals surface area (Å²) in [7, 11) is 1.83. The van der Waals surface area contributed by atoms with E-state index in [-0.39, 0.29) is 5.91 Å². The third kappa shape index (κ3) is 3.17. The molecule has 0 unspecified atom stereocenters. The van der Waals surface area contributed by atoms with Crippen LogP contribution in [0.4, 0.5) is 0 Å². The van der Waals surface area contributed by atoms with Gasteiger partial charge in [-0.15, -0.1) is 0 Å². The average Bonchev–Trinajstić information content (AvgIpc) is 3.13. The van der Waals surface area contributed by atoms with E-state index in [1.54, 1.807) is 28.0 Å². The Balaban J connectivity index is 1.59. The molecule has 0 aliphatic heterocycles. The van der Waals surface area contributed by atoms with Crippen LogP contribution in [0, 0.1) is 13.8 Å². The maximum atomic E-state index is 12.3. The van der Waals surface area contributed by atoms with Gasteiger partial charge in [-0.2, -0.15) is 10.2 Å². The molecule has 0 saturated carbocycles. The van der Waals surface area contributed by atoms with Gasteiger partial charge in [-0.05, 0) is 19.9 Å². The Morgan fingerprint density at radius 1 is 1.21 bits per heavy atom. The molecule has 0 bridgehead atoms. The predicted octanol–water partition coefficient (Wildman–Crippen LogP) is 1.12. The van der Waals surface area contributed by atoms with Gasteiger partial charge in [0.2, 0.25) is 0 Å². The van der Waals surface area contributed by atoms with Gasteiger partial charge >= 0.3 is 0 Å². The van der Waals surface area contributed by atoms with Crippen molar-refractivity contribution in [2.24, 2.45) is 7.05 Å². The van der Waals surface area contributed by atoms with Crippen molar-refractivity contribution in [2.75, 3.05) is 6.54 Å². The van der Waals surface area contributed by atoms with Gasteiger partial charge in [-0.25, -0.2) is 0 Å². The summed E-state index contributed by atoms with van der Waals surface area (Å²) in [5, 5.41) is 11.6. The number of hydrogen-bond donors (Lipinski definition) is 1. The summed E-state index contributed by atoms with van der Waals surface area (Å²) in [6.45, 7) is 4.77. The highest BCUT2D eigenvalue weighted by molar-refractivity contribution is 5.96. The Kier molecular flexibility index (Phi) is 4.37. The van der Waals surface area contributed by atoms with E-state index in [2.05, 4.69) is 25.5 Å². The highest BCUT2D eigenvalue weighted by Gasteiger charge is 2.16. The minimum Gasteiger partial charge on any atom is -0.350 e. The van der Waals surface area contributed by atoms with E-state index in [0.717, 1.165) is 22.8 Å². The second-order valence-electron chi connectivity index (χ2n) is 5.48. The van der Waals surface area contributed by atoms with Gasteiger partial charge in [0.25, 0.3) is 5.91 Å². The number of rotatable bonds is 5. The molecule has 8 nitrogen and oxygen atoms in total. The van der Waals surface area contributed by atoms with Gasteiger partial charge < -0.3 is 5.32 Å². The normalized spacial score (nSPS) is 10.8. The Hall–Kier alpha value is -3.03. The van der Waals surface area contributed by atoms with Crippen molar-refractivity contribution in [1.82, 2.24) is 34.8 Å². The molecule has 0 radical (unpaired) electrons. The molecule has 1 N–H and O–H groups in total. The summed E-state index contributed by atoms with van der Waals surface area (Å²) in [5.74, 6) is -0.112. The number of aryl methyl sites for hydroxylation is 2. The standard InChI is InChI=1S/C16H19N7O/c1-11-15(12(2)22(3)20-11)16(24)19-7-9-23-8-4-13(21-23)14-10-17-5-6-18-14/h4-6,8,10H,7,9H2,1-3H3,(H,19,24). The molecule has 3 rings (SSSR count). The molecule has 124 valence electrons. The first-order valence-electron chi connectivity index (χ1n) is 7.64. The van der Waals surface area contributed by atoms with Crippen molar-refractivity contribution >= 4 is 5.91 Å². The number of nitrogens with one attached hydrogen (secondary N) is 1. The molecule has 0 saturated heterocycles. The van der Waals surface area contributed by atoms with Crippen molar-refractivity contribution in [2.45, 2.75) is 20.4 Å². The third-order valence-electron chi connectivity index (χ3n) is 3.83. The molecule has 0 atom stereocenters. The Labute approximate surface area is 139 Å². The van der Waals surface area contributed by atoms with Crippen LogP contribution in [-0.2, 0) is 13.6 Å². The Morgan fingerprint density at radius 3 is 2.71 bits per heavy atom. The minimum atomic E-state index is -0.112. The number of hydrogen-bond acceptors (Lipinski definition) is 5. The number of nitrogens with zero attached hydrogens (tertiary/aromatic N) is 6. The first kappa shape index (κ1) is 15.9. The van der Waals surface area contributed by atoms with Crippen LogP contribution in [-0.4, -0.2) is 42.0 Å². The maximum Gasteiger partial charge on any atom is 0.255 e. The summed E-state index contributed by atoms with van der Waals surface area (Å²) in [6, 6.07) is 1.88. The van der Waals surface area contributed by atoms with Gasteiger partial charge in [0.1, 0.15) is 11.4 Å². The van der Waals surface area contributed by atoms with Crippen LogP contribution in [0.1, 0.15) is 21.7 Å². The molecule has 0 aliphatic carbocycles. The van der Waals surface area contributed by atoms with E-state index in [0.29, 0.717) is 18.7 Å². The fraction of sp³-hybridized carbons (Fsp3) is 0.312. The summed E-state index contributed by atoms with van der Waals surface area (Å²) in [6.07, 6.45) is 6.78. The van der Waals surface area contributed by atoms with Crippen molar-refractivity contribution in [3.63, 3.8) is 0 Å². The van der Waals surface area contributed by atoms with Crippen molar-refractivity contribution in [3.05, 3.63) is 47.8 Å². The zero-order chi connectivity index (χ0) is 17.1. The molecule has 8 heteroatoms. The van der Waals surface area contributed by atoms with Crippen molar-refractivity contribution < 1.29 is 4.79 Å². The van der Waals surface area contributed by atoms with Crippen LogP contribution in [0.25, 0.3) is 11.4 Å². The van der Waals surface area contributed by atoms with Gasteiger partial charge in [-0.1, -0.05) is 0 Å². The van der Waals surface area contributed by atoms with Crippen LogP contribution >= 0.6 is 0 Å². The van der Waals surface area contributed by atoms with Crippen molar-refractivity contribution in [3.8, 4) is 11.4 Å². The lowest BCUT2D eigenvalue weighted by Gasteiger charge is -2.06. The Bertz CT molecular complexity index is 851. The van der Waals surface area contributed by atoms with E-state index in [1.165, 1.54) is 0 Å². The van der Waals surface area contributed by atoms with Crippen LogP contribution in [0.3, 0.4) is 0 Å². The molecule has 1 amide bonds. The molecule has 0 fully saturated rings. The quantitative estimate of drug-likeness (QED) is 0.759. The van der Waals surface area contributed by atoms with E-state index in [1.807, 2.05) is 33.2 Å². The smallest absolute Gasteiger partial charge is 0.255 e. The fourth-order valence-corrected chi connectivity index (χ4v) is 2.53. The lowest BCUT2D eigenvalue weighted by Crippen LogP contribution is -2.28. The lowest BCUT2D eigenvalue weighted by atomic mass is 10.2. The van der Waals surface area contributed by atoms with E-state index in [9.17, 15) is 4.79 Å². The number of aromatic nitrogens is 6. The SMILES string of the molecule is Cc1nn(C)c(C)c1C(=O)NCCn1ccc(-c2cnccn2)n1. The molecule has 0 spiro atoms. The van der Waals surface area contributed by atoms with Crippen molar-refractivity contribution in [1.29, 1.82) is 0 Å². The van der Waals surface area contributed by atoms with Gasteiger partial charge in [0, 0.05) is 37.9 Å². The van der Waals surface area contributed by atoms with Crippen LogP contribution in [0.5, 0.6) is 0 Å². The summed E-state index contributed by atoms with van der Waals surface area (Å²) < 4.78 is 3.48. The van der Waals surface area contributed by atoms with Crippen LogP contribution in [0.2, 0.25) is 0 Å². The molecule has 24 heavy (non-hydrogen) atoms. The van der Waals surface area contributed by atoms with Gasteiger partial charge in [-0.3, -0.25) is 24.1 Å². The van der Waals surface area contributed by atoms with Gasteiger partial charge in [0.15, 0.2) is 0 Å². The topological polar surface area (TPSA) is 90.5 Å². The summed E-state index contributed by atoms with van der Waals surface area (Å²) in [4.78, 5) is 20.6. The third-order valence-corrected chi connectivity index (χ3v) is 3.83. The monoisotopic (exact) mass is 325 g/mol. The first-order chi connectivity index (χ1) is 11.6. The molecular formula is C16H19N7O. The second kappa shape index (κ2) is 6.61. The highest BCUT2D eigenvalue weighted by atomic mass is 16.1. The first-order valence-corrected chi connectivity index (χ1v) is 7.64. The Morgan fingerprint density at radius 2 is 2.04 bits per heavy atom. The predicted molar refractivity (Wildman–Crippen MR) is 88.3 cm³/mol. The molecule has 0 aromatic carbocycles. The summed E-state index contributed by atoms with van der Waals surface area (Å²) in [5.41, 5.74) is 3.71. The number of amides is 1. The van der Waals surface area contributed by atoms with E-state index in [4.69, 9.17) is 0 Å². The lowest BCUT2D eigenvalue weighted by molar-refractivity contribution is 0.0950. The number of carbonyl (C=O) groups is 1. The van der Waals surface area contributed by atoms with E-state index >= 15 is 0 Å². The molecule has 3 aromatic heterocycles. The van der Waals surface area contributed by atoms with Crippen LogP contribution in [0.15, 0.2) is 30.9 Å². The average molecular weight is 325 g/mol. The molecular weight excluding hydrogens is 306 g/mol. The molecule has 0 aliphatic rings. The molecule has 3 heterocycles. The summed E-state index contributed by atoms with van der Waals surface area (Å²) >= 11 is 0. The number of carbonyl (C=O) groups excluding carboxylic acids is 1. The fourth-order valence-electron chi connectivity index (χ4n) is 2.53. The molecule has 3 aromatic rings. The largest absolute Gasteiger partial charge is 0.350 e. The minimum absolute atomic E-state index is 0.112.